The molecule has 1 aliphatic heterocycles. The van der Waals surface area contributed by atoms with E-state index in [1.165, 1.54) is 35.1 Å². The Hall–Kier alpha value is -4.20. The van der Waals surface area contributed by atoms with Crippen molar-refractivity contribution in [2.24, 2.45) is 5.73 Å². The predicted octanol–water partition coefficient (Wildman–Crippen LogP) is 2.78. The largest absolute Gasteiger partial charge is 0.494 e. The Morgan fingerprint density at radius 2 is 1.92 bits per heavy atom. The average molecular weight is 550 g/mol. The third kappa shape index (κ3) is 5.65. The van der Waals surface area contributed by atoms with Crippen LogP contribution in [0.4, 0.5) is 13.2 Å². The van der Waals surface area contributed by atoms with Gasteiger partial charge in [-0.1, -0.05) is 0 Å². The minimum Gasteiger partial charge on any atom is -0.494 e. The first-order chi connectivity index (χ1) is 18.4. The maximum atomic E-state index is 13.4. The van der Waals surface area contributed by atoms with Crippen LogP contribution < -0.4 is 10.5 Å². The number of oxazole rings is 1. The van der Waals surface area contributed by atoms with E-state index in [-0.39, 0.29) is 72.3 Å². The number of halogens is 3. The molecule has 1 aromatic carbocycles. The van der Waals surface area contributed by atoms with E-state index < -0.39 is 35.7 Å². The fourth-order valence-corrected chi connectivity index (χ4v) is 4.17. The number of hydrogen-bond acceptors (Lipinski definition) is 9. The summed E-state index contributed by atoms with van der Waals surface area (Å²) in [4.78, 5) is 48.4. The third-order valence-electron chi connectivity index (χ3n) is 6.06. The molecule has 1 fully saturated rings. The number of esters is 1. The van der Waals surface area contributed by atoms with Gasteiger partial charge in [-0.15, -0.1) is 0 Å². The second-order valence-corrected chi connectivity index (χ2v) is 8.77. The molecule has 0 spiro atoms. The molecular weight excluding hydrogens is 523 g/mol. The van der Waals surface area contributed by atoms with Crippen LogP contribution in [0, 0.1) is 0 Å². The topological polar surface area (TPSA) is 141 Å². The number of pyridine rings is 1. The first-order valence-electron chi connectivity index (χ1n) is 12.0. The highest BCUT2D eigenvalue weighted by molar-refractivity contribution is 5.99. The monoisotopic (exact) mass is 549 g/mol. The van der Waals surface area contributed by atoms with E-state index in [0.29, 0.717) is 0 Å². The molecule has 0 bridgehead atoms. The van der Waals surface area contributed by atoms with Crippen LogP contribution in [0.3, 0.4) is 0 Å². The smallest absolute Gasteiger partial charge is 0.433 e. The molecule has 11 nitrogen and oxygen atoms in total. The maximum Gasteiger partial charge on any atom is 0.433 e. The number of fused-ring (bicyclic) bond motifs is 1. The third-order valence-corrected chi connectivity index (χ3v) is 6.06. The average Bonchev–Trinajstić information content (AvgIpc) is 3.33. The van der Waals surface area contributed by atoms with Gasteiger partial charge in [0, 0.05) is 24.0 Å². The summed E-state index contributed by atoms with van der Waals surface area (Å²) < 4.78 is 55.8. The van der Waals surface area contributed by atoms with E-state index in [2.05, 4.69) is 9.97 Å². The van der Waals surface area contributed by atoms with Gasteiger partial charge in [-0.2, -0.15) is 13.2 Å². The molecule has 1 atom stereocenters. The van der Waals surface area contributed by atoms with Gasteiger partial charge in [-0.05, 0) is 38.1 Å². The first-order valence-corrected chi connectivity index (χ1v) is 12.0. The van der Waals surface area contributed by atoms with Crippen molar-refractivity contribution in [3.05, 3.63) is 41.4 Å². The lowest BCUT2D eigenvalue weighted by Gasteiger charge is -2.33. The highest BCUT2D eigenvalue weighted by Crippen LogP contribution is 2.37. The maximum absolute atomic E-state index is 13.4. The summed E-state index contributed by atoms with van der Waals surface area (Å²) in [6.07, 6.45) is -4.67. The van der Waals surface area contributed by atoms with E-state index >= 15 is 0 Å². The molecule has 14 heteroatoms. The van der Waals surface area contributed by atoms with E-state index in [1.54, 1.807) is 13.8 Å². The van der Waals surface area contributed by atoms with Gasteiger partial charge in [0.25, 0.3) is 5.91 Å². The number of amides is 2. The second kappa shape index (κ2) is 10.9. The summed E-state index contributed by atoms with van der Waals surface area (Å²) in [6.45, 7) is 3.13. The molecule has 0 aliphatic carbocycles. The molecule has 208 valence electrons. The number of ether oxygens (including phenoxy) is 2. The van der Waals surface area contributed by atoms with Crippen LogP contribution in [0.5, 0.6) is 5.75 Å². The molecule has 0 radical (unpaired) electrons. The zero-order chi connectivity index (χ0) is 28.5. The Morgan fingerprint density at radius 1 is 1.18 bits per heavy atom. The summed E-state index contributed by atoms with van der Waals surface area (Å²) in [5, 5.41) is 0.251. The predicted molar refractivity (Wildman–Crippen MR) is 131 cm³/mol. The summed E-state index contributed by atoms with van der Waals surface area (Å²) in [5.74, 6) is -1.52. The number of nitrogens with zero attached hydrogens (tertiary/aromatic N) is 4. The fraction of sp³-hybridized carbons (Fsp3) is 0.400. The molecule has 3 aromatic rings. The SMILES string of the molecule is CCOC(=O)CN1CCN(C(=O)c2nc(-c3ccc(OC)c4nc(C(F)(F)F)ccc34)oc2[C@H](C)N)CC1=O. The number of carbonyl (C=O) groups excluding carboxylic acids is 3. The van der Waals surface area contributed by atoms with Gasteiger partial charge >= 0.3 is 12.1 Å². The number of piperazine rings is 1. The van der Waals surface area contributed by atoms with Crippen molar-refractivity contribution in [2.45, 2.75) is 26.1 Å². The Bertz CT molecular complexity index is 1420. The first kappa shape index (κ1) is 27.8. The molecule has 4 rings (SSSR count). The number of rotatable bonds is 7. The lowest BCUT2D eigenvalue weighted by Crippen LogP contribution is -2.53. The van der Waals surface area contributed by atoms with Crippen molar-refractivity contribution >= 4 is 28.7 Å². The van der Waals surface area contributed by atoms with E-state index in [4.69, 9.17) is 19.6 Å². The number of carbonyl (C=O) groups is 3. The van der Waals surface area contributed by atoms with Crippen molar-refractivity contribution < 1.29 is 41.4 Å². The number of hydrogen-bond donors (Lipinski definition) is 1. The minimum absolute atomic E-state index is 0.0419. The molecule has 3 heterocycles. The molecule has 0 saturated carbocycles. The molecule has 0 unspecified atom stereocenters. The molecule has 2 N–H and O–H groups in total. The zero-order valence-corrected chi connectivity index (χ0v) is 21.4. The number of benzene rings is 1. The van der Waals surface area contributed by atoms with Crippen LogP contribution in [0.25, 0.3) is 22.4 Å². The number of aromatic nitrogens is 2. The van der Waals surface area contributed by atoms with Crippen molar-refractivity contribution in [1.82, 2.24) is 19.8 Å². The Kier molecular flexibility index (Phi) is 7.77. The molecular formula is C25H26F3N5O6. The van der Waals surface area contributed by atoms with E-state index in [1.807, 2.05) is 0 Å². The lowest BCUT2D eigenvalue weighted by molar-refractivity contribution is -0.150. The van der Waals surface area contributed by atoms with Crippen molar-refractivity contribution in [3.63, 3.8) is 0 Å². The second-order valence-electron chi connectivity index (χ2n) is 8.77. The van der Waals surface area contributed by atoms with Crippen molar-refractivity contribution in [3.8, 4) is 17.2 Å². The lowest BCUT2D eigenvalue weighted by atomic mass is 10.1. The van der Waals surface area contributed by atoms with Crippen molar-refractivity contribution in [2.75, 3.05) is 39.9 Å². The summed E-state index contributed by atoms with van der Waals surface area (Å²) in [5.41, 5.74) is 5.01. The van der Waals surface area contributed by atoms with Crippen LogP contribution in [0.2, 0.25) is 0 Å². The van der Waals surface area contributed by atoms with Gasteiger partial charge in [0.1, 0.15) is 30.0 Å². The van der Waals surface area contributed by atoms with Crippen LogP contribution in [0.1, 0.15) is 41.8 Å². The standard InChI is InChI=1S/C25H26F3N5O6/c1-4-38-19(35)12-32-9-10-33(11-18(32)34)24(36)21-22(13(2)29)39-23(31-21)15-5-7-16(37-3)20-14(15)6-8-17(30-20)25(26,27)28/h5-8,13H,4,9-12,29H2,1-3H3/t13-/m0/s1. The summed E-state index contributed by atoms with van der Waals surface area (Å²) in [6, 6.07) is 4.23. The van der Waals surface area contributed by atoms with Gasteiger partial charge < -0.3 is 29.4 Å². The molecule has 1 saturated heterocycles. The quantitative estimate of drug-likeness (QED) is 0.441. The van der Waals surface area contributed by atoms with E-state index in [9.17, 15) is 27.6 Å². The van der Waals surface area contributed by atoms with E-state index in [0.717, 1.165) is 6.07 Å². The molecule has 39 heavy (non-hydrogen) atoms. The van der Waals surface area contributed by atoms with Gasteiger partial charge in [0.2, 0.25) is 11.8 Å². The minimum atomic E-state index is -4.67. The Labute approximate surface area is 220 Å². The number of nitrogens with two attached hydrogens (primary N) is 1. The highest BCUT2D eigenvalue weighted by atomic mass is 19.4. The van der Waals surface area contributed by atoms with Crippen molar-refractivity contribution in [1.29, 1.82) is 0 Å². The molecule has 2 aromatic heterocycles. The summed E-state index contributed by atoms with van der Waals surface area (Å²) in [7, 11) is 1.31. The number of alkyl halides is 3. The van der Waals surface area contributed by atoms with Crippen LogP contribution in [-0.4, -0.2) is 77.4 Å². The number of methoxy groups -OCH3 is 1. The molecule has 1 aliphatic rings. The van der Waals surface area contributed by atoms with Crippen LogP contribution in [-0.2, 0) is 20.5 Å². The van der Waals surface area contributed by atoms with Crippen LogP contribution >= 0.6 is 0 Å². The highest BCUT2D eigenvalue weighted by Gasteiger charge is 2.35. The van der Waals surface area contributed by atoms with Crippen LogP contribution in [0.15, 0.2) is 28.7 Å². The van der Waals surface area contributed by atoms with Gasteiger partial charge in [0.15, 0.2) is 11.5 Å². The van der Waals surface area contributed by atoms with Gasteiger partial charge in [-0.25, -0.2) is 9.97 Å². The fourth-order valence-electron chi connectivity index (χ4n) is 4.17. The molecule has 2 amide bonds. The summed E-state index contributed by atoms with van der Waals surface area (Å²) >= 11 is 0. The Balaban J connectivity index is 1.67. The van der Waals surface area contributed by atoms with Gasteiger partial charge in [-0.3, -0.25) is 14.4 Å². The zero-order valence-electron chi connectivity index (χ0n) is 21.4. The normalized spacial score (nSPS) is 15.0. The van der Waals surface area contributed by atoms with Gasteiger partial charge in [0.05, 0.1) is 19.8 Å². The Morgan fingerprint density at radius 3 is 2.54 bits per heavy atom.